The van der Waals surface area contributed by atoms with E-state index in [-0.39, 0.29) is 19.1 Å². The topological polar surface area (TPSA) is 60.9 Å². The van der Waals surface area contributed by atoms with Crippen molar-refractivity contribution in [3.63, 3.8) is 0 Å². The lowest BCUT2D eigenvalue weighted by molar-refractivity contribution is -0.137. The first-order valence-electron chi connectivity index (χ1n) is 5.38. The van der Waals surface area contributed by atoms with Crippen molar-refractivity contribution in [3.8, 4) is 0 Å². The fourth-order valence-electron chi connectivity index (χ4n) is 1.49. The van der Waals surface area contributed by atoms with Crippen LogP contribution in [0, 0.1) is 0 Å². The molecule has 0 aliphatic heterocycles. The minimum atomic E-state index is -1.03. The second kappa shape index (κ2) is 6.80. The van der Waals surface area contributed by atoms with Crippen molar-refractivity contribution in [2.75, 3.05) is 20.1 Å². The molecular weight excluding hydrogens is 252 g/mol. The van der Waals surface area contributed by atoms with Gasteiger partial charge >= 0.3 is 12.0 Å². The van der Waals surface area contributed by atoms with Gasteiger partial charge in [-0.05, 0) is 22.4 Å². The average Bonchev–Trinajstić information content (AvgIpc) is 2.79. The van der Waals surface area contributed by atoms with E-state index in [2.05, 4.69) is 6.58 Å². The van der Waals surface area contributed by atoms with Crippen LogP contribution in [0.3, 0.4) is 0 Å². The Morgan fingerprint density at radius 3 is 2.78 bits per heavy atom. The summed E-state index contributed by atoms with van der Waals surface area (Å²) in [6.45, 7) is 3.89. The summed E-state index contributed by atoms with van der Waals surface area (Å²) in [6, 6.07) is 1.62. The molecule has 0 aromatic carbocycles. The number of carbonyl (C=O) groups excluding carboxylic acids is 1. The molecule has 0 saturated carbocycles. The molecule has 6 heteroatoms. The van der Waals surface area contributed by atoms with Crippen molar-refractivity contribution in [2.24, 2.45) is 0 Å². The fraction of sp³-hybridized carbons (Fsp3) is 0.333. The number of amides is 2. The molecular formula is C12H16N2O3S. The van der Waals surface area contributed by atoms with Crippen molar-refractivity contribution in [3.05, 3.63) is 35.0 Å². The number of hydrogen-bond acceptors (Lipinski definition) is 3. The van der Waals surface area contributed by atoms with E-state index in [4.69, 9.17) is 5.11 Å². The molecule has 0 fully saturated rings. The van der Waals surface area contributed by atoms with E-state index in [0.29, 0.717) is 6.54 Å². The van der Waals surface area contributed by atoms with Crippen LogP contribution in [0.5, 0.6) is 0 Å². The van der Waals surface area contributed by atoms with Crippen molar-refractivity contribution in [2.45, 2.75) is 6.54 Å². The molecule has 1 aromatic rings. The molecule has 0 atom stereocenters. The standard InChI is InChI=1S/C12H16N2O3S/c1-3-5-14(8-11(15)16)12(17)13(2)7-10-4-6-18-9-10/h3-4,6,9H,1,5,7-8H2,2H3,(H,15,16). The molecule has 1 heterocycles. The van der Waals surface area contributed by atoms with Crippen LogP contribution in [0.2, 0.25) is 0 Å². The lowest BCUT2D eigenvalue weighted by Gasteiger charge is -2.25. The van der Waals surface area contributed by atoms with Crippen LogP contribution in [0.4, 0.5) is 4.79 Å². The average molecular weight is 268 g/mol. The summed E-state index contributed by atoms with van der Waals surface area (Å²) < 4.78 is 0. The number of carboxylic acid groups (broad SMARTS) is 1. The maximum absolute atomic E-state index is 12.0. The Bertz CT molecular complexity index is 417. The normalized spacial score (nSPS) is 9.83. The van der Waals surface area contributed by atoms with Crippen molar-refractivity contribution in [1.82, 2.24) is 9.80 Å². The molecule has 2 amide bonds. The molecule has 98 valence electrons. The Balaban J connectivity index is 2.63. The van der Waals surface area contributed by atoms with Gasteiger partial charge in [0.05, 0.1) is 0 Å². The molecule has 0 spiro atoms. The van der Waals surface area contributed by atoms with E-state index in [9.17, 15) is 9.59 Å². The largest absolute Gasteiger partial charge is 0.480 e. The second-order valence-corrected chi connectivity index (χ2v) is 4.61. The summed E-state index contributed by atoms with van der Waals surface area (Å²) in [4.78, 5) is 25.5. The predicted molar refractivity (Wildman–Crippen MR) is 70.6 cm³/mol. The van der Waals surface area contributed by atoms with Crippen molar-refractivity contribution < 1.29 is 14.7 Å². The van der Waals surface area contributed by atoms with Crippen LogP contribution in [-0.4, -0.2) is 47.0 Å². The first-order valence-corrected chi connectivity index (χ1v) is 6.32. The van der Waals surface area contributed by atoms with E-state index in [1.54, 1.807) is 18.4 Å². The Kier molecular flexibility index (Phi) is 5.38. The van der Waals surface area contributed by atoms with Gasteiger partial charge in [-0.1, -0.05) is 6.08 Å². The molecule has 1 rings (SSSR count). The zero-order chi connectivity index (χ0) is 13.5. The van der Waals surface area contributed by atoms with E-state index >= 15 is 0 Å². The van der Waals surface area contributed by atoms with Crippen LogP contribution in [0.1, 0.15) is 5.56 Å². The first-order chi connectivity index (χ1) is 8.54. The monoisotopic (exact) mass is 268 g/mol. The van der Waals surface area contributed by atoms with Gasteiger partial charge in [0.2, 0.25) is 0 Å². The number of hydrogen-bond donors (Lipinski definition) is 1. The summed E-state index contributed by atoms with van der Waals surface area (Å²) >= 11 is 1.56. The van der Waals surface area contributed by atoms with Crippen LogP contribution >= 0.6 is 11.3 Å². The van der Waals surface area contributed by atoms with Gasteiger partial charge in [0.15, 0.2) is 0 Å². The smallest absolute Gasteiger partial charge is 0.323 e. The zero-order valence-corrected chi connectivity index (χ0v) is 11.0. The minimum absolute atomic E-state index is 0.221. The van der Waals surface area contributed by atoms with Crippen molar-refractivity contribution in [1.29, 1.82) is 0 Å². The van der Waals surface area contributed by atoms with Gasteiger partial charge in [-0.3, -0.25) is 4.79 Å². The highest BCUT2D eigenvalue weighted by Gasteiger charge is 2.19. The van der Waals surface area contributed by atoms with Gasteiger partial charge in [0.25, 0.3) is 0 Å². The number of aliphatic carboxylic acids is 1. The third kappa shape index (κ3) is 4.21. The molecule has 0 bridgehead atoms. The van der Waals surface area contributed by atoms with Gasteiger partial charge in [-0.2, -0.15) is 11.3 Å². The summed E-state index contributed by atoms with van der Waals surface area (Å²) in [7, 11) is 1.65. The Labute approximate surface area is 110 Å². The van der Waals surface area contributed by atoms with Gasteiger partial charge in [0.1, 0.15) is 6.54 Å². The van der Waals surface area contributed by atoms with Crippen LogP contribution in [0.15, 0.2) is 29.5 Å². The third-order valence-corrected chi connectivity index (χ3v) is 3.00. The van der Waals surface area contributed by atoms with Gasteiger partial charge < -0.3 is 14.9 Å². The molecule has 18 heavy (non-hydrogen) atoms. The number of carboxylic acids is 1. The van der Waals surface area contributed by atoms with E-state index in [1.807, 2.05) is 16.8 Å². The highest BCUT2D eigenvalue weighted by molar-refractivity contribution is 7.07. The molecule has 1 N–H and O–H groups in total. The van der Waals surface area contributed by atoms with Crippen molar-refractivity contribution >= 4 is 23.3 Å². The van der Waals surface area contributed by atoms with Gasteiger partial charge in [0, 0.05) is 20.1 Å². The molecule has 0 aliphatic carbocycles. The fourth-order valence-corrected chi connectivity index (χ4v) is 2.15. The SMILES string of the molecule is C=CCN(CC(=O)O)C(=O)N(C)Cc1ccsc1. The van der Waals surface area contributed by atoms with Crippen LogP contribution < -0.4 is 0 Å². The van der Waals surface area contributed by atoms with E-state index < -0.39 is 5.97 Å². The Morgan fingerprint density at radius 1 is 1.56 bits per heavy atom. The summed E-state index contributed by atoms with van der Waals surface area (Å²) in [5.41, 5.74) is 1.03. The Hall–Kier alpha value is -1.82. The van der Waals surface area contributed by atoms with Crippen LogP contribution in [0.25, 0.3) is 0 Å². The summed E-state index contributed by atoms with van der Waals surface area (Å²) in [5, 5.41) is 12.6. The number of rotatable bonds is 6. The minimum Gasteiger partial charge on any atom is -0.480 e. The number of urea groups is 1. The maximum Gasteiger partial charge on any atom is 0.323 e. The third-order valence-electron chi connectivity index (χ3n) is 2.27. The number of thiophene rings is 1. The highest BCUT2D eigenvalue weighted by Crippen LogP contribution is 2.09. The number of carbonyl (C=O) groups is 2. The van der Waals surface area contributed by atoms with E-state index in [0.717, 1.165) is 5.56 Å². The maximum atomic E-state index is 12.0. The van der Waals surface area contributed by atoms with Crippen LogP contribution in [-0.2, 0) is 11.3 Å². The molecule has 0 unspecified atom stereocenters. The number of nitrogens with zero attached hydrogens (tertiary/aromatic N) is 2. The predicted octanol–water partition coefficient (Wildman–Crippen LogP) is 1.87. The lowest BCUT2D eigenvalue weighted by atomic mass is 10.3. The lowest BCUT2D eigenvalue weighted by Crippen LogP contribution is -2.43. The molecule has 1 aromatic heterocycles. The molecule has 5 nitrogen and oxygen atoms in total. The Morgan fingerprint density at radius 2 is 2.28 bits per heavy atom. The summed E-state index contributed by atoms with van der Waals surface area (Å²) in [5.74, 6) is -1.03. The first kappa shape index (κ1) is 14.2. The zero-order valence-electron chi connectivity index (χ0n) is 10.2. The molecule has 0 aliphatic rings. The van der Waals surface area contributed by atoms with Gasteiger partial charge in [-0.25, -0.2) is 4.79 Å². The van der Waals surface area contributed by atoms with E-state index in [1.165, 1.54) is 15.9 Å². The highest BCUT2D eigenvalue weighted by atomic mass is 32.1. The quantitative estimate of drug-likeness (QED) is 0.801. The molecule has 0 saturated heterocycles. The van der Waals surface area contributed by atoms with Gasteiger partial charge in [-0.15, -0.1) is 6.58 Å². The second-order valence-electron chi connectivity index (χ2n) is 3.83. The molecule has 0 radical (unpaired) electrons. The summed E-state index contributed by atoms with van der Waals surface area (Å²) in [6.07, 6.45) is 1.51.